The Hall–Kier alpha value is -1.31. The van der Waals surface area contributed by atoms with Crippen LogP contribution >= 0.6 is 7.82 Å². The number of benzene rings is 1. The molecule has 0 heterocycles. The van der Waals surface area contributed by atoms with Crippen LogP contribution in [0.15, 0.2) is 24.3 Å². The first-order valence-electron chi connectivity index (χ1n) is 20.1. The van der Waals surface area contributed by atoms with Gasteiger partial charge in [0.2, 0.25) is 0 Å². The minimum absolute atomic E-state index is 0.0763. The van der Waals surface area contributed by atoms with E-state index in [4.69, 9.17) is 66.6 Å². The summed E-state index contributed by atoms with van der Waals surface area (Å²) in [6, 6.07) is 8.53. The van der Waals surface area contributed by atoms with Gasteiger partial charge in [0, 0.05) is 0 Å². The van der Waals surface area contributed by atoms with Crippen LogP contribution in [0.4, 0.5) is 0 Å². The molecule has 0 aliphatic heterocycles. The van der Waals surface area contributed by atoms with Crippen LogP contribution in [0, 0.1) is 5.92 Å². The maximum atomic E-state index is 10.5. The van der Waals surface area contributed by atoms with Gasteiger partial charge in [0.05, 0.1) is 152 Å². The molecular weight excluding hydrogens is 755 g/mol. The second-order valence-electron chi connectivity index (χ2n) is 12.7. The molecule has 0 aliphatic rings. The van der Waals surface area contributed by atoms with Crippen molar-refractivity contribution in [3.63, 3.8) is 0 Å². The van der Waals surface area contributed by atoms with Crippen molar-refractivity contribution in [2.24, 2.45) is 5.92 Å². The van der Waals surface area contributed by atoms with Crippen molar-refractivity contribution in [1.29, 1.82) is 0 Å². The van der Waals surface area contributed by atoms with E-state index in [1.807, 2.05) is 0 Å². The summed E-state index contributed by atoms with van der Waals surface area (Å²) < 4.78 is 80.5. The van der Waals surface area contributed by atoms with E-state index < -0.39 is 7.82 Å². The van der Waals surface area contributed by atoms with Crippen molar-refractivity contribution in [2.75, 3.05) is 159 Å². The van der Waals surface area contributed by atoms with Crippen LogP contribution < -0.4 is 4.74 Å². The second kappa shape index (κ2) is 39.2. The molecule has 0 aromatic heterocycles. The van der Waals surface area contributed by atoms with E-state index in [-0.39, 0.29) is 13.2 Å². The molecular formula is C39H73O16P. The molecule has 0 fully saturated rings. The Morgan fingerprint density at radius 1 is 0.446 bits per heavy atom. The van der Waals surface area contributed by atoms with Gasteiger partial charge in [0.25, 0.3) is 0 Å². The van der Waals surface area contributed by atoms with Crippen molar-refractivity contribution < 1.29 is 75.7 Å². The summed E-state index contributed by atoms with van der Waals surface area (Å²) >= 11 is 0. The Morgan fingerprint density at radius 2 is 0.750 bits per heavy atom. The van der Waals surface area contributed by atoms with E-state index in [1.165, 1.54) is 24.8 Å². The first-order chi connectivity index (χ1) is 27.4. The SMILES string of the molecule is CCC(C)CCC(CC)c1ccc(OCCOCCOCCOCCOCCOCCOCCOCCOCCOCCOCCOCCOP(=O)(O)O)cc1. The first-order valence-corrected chi connectivity index (χ1v) is 21.7. The van der Waals surface area contributed by atoms with E-state index in [9.17, 15) is 4.57 Å². The predicted octanol–water partition coefficient (Wildman–Crippen LogP) is 4.68. The average Bonchev–Trinajstić information content (AvgIpc) is 3.19. The molecule has 0 saturated heterocycles. The van der Waals surface area contributed by atoms with Gasteiger partial charge in [-0.3, -0.25) is 4.52 Å². The summed E-state index contributed by atoms with van der Waals surface area (Å²) in [6.45, 7) is 17.0. The summed E-state index contributed by atoms with van der Waals surface area (Å²) in [4.78, 5) is 17.1. The fraction of sp³-hybridized carbons (Fsp3) is 0.846. The zero-order chi connectivity index (χ0) is 40.6. The van der Waals surface area contributed by atoms with Gasteiger partial charge in [-0.1, -0.05) is 45.7 Å². The van der Waals surface area contributed by atoms with E-state index in [2.05, 4.69) is 49.6 Å². The molecule has 17 heteroatoms. The number of rotatable bonds is 44. The molecule has 0 saturated carbocycles. The van der Waals surface area contributed by atoms with E-state index >= 15 is 0 Å². The normalized spacial score (nSPS) is 13.0. The predicted molar refractivity (Wildman–Crippen MR) is 211 cm³/mol. The molecule has 0 spiro atoms. The molecule has 1 aromatic carbocycles. The van der Waals surface area contributed by atoms with E-state index in [0.717, 1.165) is 18.1 Å². The Morgan fingerprint density at radius 3 is 1.04 bits per heavy atom. The zero-order valence-corrected chi connectivity index (χ0v) is 35.2. The number of hydrogen-bond donors (Lipinski definition) is 2. The number of phosphoric ester groups is 1. The topological polar surface area (TPSA) is 178 Å². The highest BCUT2D eigenvalue weighted by molar-refractivity contribution is 7.46. The largest absolute Gasteiger partial charge is 0.491 e. The lowest BCUT2D eigenvalue weighted by atomic mass is 9.88. The zero-order valence-electron chi connectivity index (χ0n) is 34.3. The lowest BCUT2D eigenvalue weighted by Gasteiger charge is -2.18. The van der Waals surface area contributed by atoms with Crippen molar-refractivity contribution >= 4 is 7.82 Å². The molecule has 2 N–H and O–H groups in total. The van der Waals surface area contributed by atoms with Gasteiger partial charge < -0.3 is 66.6 Å². The maximum Gasteiger partial charge on any atom is 0.469 e. The van der Waals surface area contributed by atoms with Gasteiger partial charge >= 0.3 is 7.82 Å². The van der Waals surface area contributed by atoms with Gasteiger partial charge in [-0.2, -0.15) is 0 Å². The van der Waals surface area contributed by atoms with E-state index in [0.29, 0.717) is 151 Å². The summed E-state index contributed by atoms with van der Waals surface area (Å²) in [5.74, 6) is 2.28. The molecule has 2 unspecified atom stereocenters. The van der Waals surface area contributed by atoms with Crippen LogP contribution in [-0.4, -0.2) is 168 Å². The van der Waals surface area contributed by atoms with Crippen molar-refractivity contribution in [3.05, 3.63) is 29.8 Å². The molecule has 0 bridgehead atoms. The summed E-state index contributed by atoms with van der Waals surface area (Å²) in [6.07, 6.45) is 4.93. The van der Waals surface area contributed by atoms with Crippen LogP contribution in [-0.2, 0) is 61.2 Å². The van der Waals surface area contributed by atoms with Crippen LogP contribution in [0.2, 0.25) is 0 Å². The van der Waals surface area contributed by atoms with Gasteiger partial charge in [-0.05, 0) is 42.4 Å². The molecule has 56 heavy (non-hydrogen) atoms. The summed E-state index contributed by atoms with van der Waals surface area (Å²) in [5, 5.41) is 0. The molecule has 16 nitrogen and oxygen atoms in total. The fourth-order valence-corrected chi connectivity index (χ4v) is 5.18. The lowest BCUT2D eigenvalue weighted by Crippen LogP contribution is -2.15. The highest BCUT2D eigenvalue weighted by Crippen LogP contribution is 2.35. The maximum absolute atomic E-state index is 10.5. The quantitative estimate of drug-likeness (QED) is 0.0684. The Labute approximate surface area is 335 Å². The average molecular weight is 829 g/mol. The summed E-state index contributed by atoms with van der Waals surface area (Å²) in [7, 11) is -4.44. The third-order valence-corrected chi connectivity index (χ3v) is 8.77. The van der Waals surface area contributed by atoms with Gasteiger partial charge in [-0.25, -0.2) is 4.57 Å². The third-order valence-electron chi connectivity index (χ3n) is 8.25. The molecule has 1 rings (SSSR count). The van der Waals surface area contributed by atoms with Crippen LogP contribution in [0.3, 0.4) is 0 Å². The molecule has 0 amide bonds. The second-order valence-corrected chi connectivity index (χ2v) is 13.9. The minimum atomic E-state index is -4.44. The van der Waals surface area contributed by atoms with Crippen LogP contribution in [0.5, 0.6) is 5.75 Å². The van der Waals surface area contributed by atoms with Crippen LogP contribution in [0.25, 0.3) is 0 Å². The van der Waals surface area contributed by atoms with Gasteiger partial charge in [-0.15, -0.1) is 0 Å². The monoisotopic (exact) mass is 828 g/mol. The summed E-state index contributed by atoms with van der Waals surface area (Å²) in [5.41, 5.74) is 1.40. The molecule has 0 radical (unpaired) electrons. The van der Waals surface area contributed by atoms with Crippen molar-refractivity contribution in [1.82, 2.24) is 0 Å². The smallest absolute Gasteiger partial charge is 0.469 e. The highest BCUT2D eigenvalue weighted by atomic mass is 31.2. The molecule has 1 aromatic rings. The van der Waals surface area contributed by atoms with Crippen LogP contribution in [0.1, 0.15) is 57.9 Å². The lowest BCUT2D eigenvalue weighted by molar-refractivity contribution is -0.0280. The Bertz CT molecular complexity index is 1000. The molecule has 0 aliphatic carbocycles. The van der Waals surface area contributed by atoms with Gasteiger partial charge in [0.15, 0.2) is 0 Å². The Balaban J connectivity index is 1.71. The highest BCUT2D eigenvalue weighted by Gasteiger charge is 2.13. The standard InChI is InChI=1S/C39H73O16P/c1-4-36(3)6-7-37(5-2)38-8-10-39(11-9-38)54-34-32-52-30-28-50-26-24-48-22-20-46-18-16-44-14-12-43-13-15-45-17-19-47-21-23-49-25-27-51-29-31-53-33-35-55-56(40,41)42/h8-11,36-37H,4-7,12-35H2,1-3H3,(H2,40,41,42). The molecule has 330 valence electrons. The molecule has 2 atom stereocenters. The van der Waals surface area contributed by atoms with E-state index in [1.54, 1.807) is 0 Å². The number of ether oxygens (including phenoxy) is 12. The third kappa shape index (κ3) is 35.8. The minimum Gasteiger partial charge on any atom is -0.491 e. The van der Waals surface area contributed by atoms with Gasteiger partial charge in [0.1, 0.15) is 12.4 Å². The first kappa shape index (κ1) is 52.7. The fourth-order valence-electron chi connectivity index (χ4n) is 4.87. The Kier molecular flexibility index (Phi) is 36.9. The number of phosphoric acid groups is 1. The van der Waals surface area contributed by atoms with Crippen molar-refractivity contribution in [2.45, 2.75) is 52.4 Å². The van der Waals surface area contributed by atoms with Crippen molar-refractivity contribution in [3.8, 4) is 5.75 Å². The number of hydrogen-bond acceptors (Lipinski definition) is 14.